The minimum atomic E-state index is -0.202. The fourth-order valence-electron chi connectivity index (χ4n) is 2.82. The number of carbonyl (C=O) groups excluding carboxylic acids is 1. The summed E-state index contributed by atoms with van der Waals surface area (Å²) in [5.74, 6) is 1.31. The van der Waals surface area contributed by atoms with Crippen molar-refractivity contribution in [1.29, 1.82) is 0 Å². The normalized spacial score (nSPS) is 15.7. The largest absolute Gasteiger partial charge is 0.492 e. The molecule has 132 valence electrons. The van der Waals surface area contributed by atoms with Gasteiger partial charge < -0.3 is 9.47 Å². The van der Waals surface area contributed by atoms with Crippen LogP contribution in [0.5, 0.6) is 11.5 Å². The molecule has 1 saturated heterocycles. The first-order valence-electron chi connectivity index (χ1n) is 8.68. The summed E-state index contributed by atoms with van der Waals surface area (Å²) in [6.07, 6.45) is 0. The molecule has 2 aromatic carbocycles. The third-order valence-electron chi connectivity index (χ3n) is 4.21. The highest BCUT2D eigenvalue weighted by atomic mass is 16.5. The molecule has 2 aromatic rings. The van der Waals surface area contributed by atoms with Gasteiger partial charge in [-0.25, -0.2) is 0 Å². The maximum atomic E-state index is 12.0. The lowest BCUT2D eigenvalue weighted by Crippen LogP contribution is -2.49. The highest BCUT2D eigenvalue weighted by molar-refractivity contribution is 5.74. The van der Waals surface area contributed by atoms with Crippen molar-refractivity contribution >= 4 is 5.97 Å². The zero-order valence-corrected chi connectivity index (χ0v) is 14.3. The molecule has 0 amide bonds. The van der Waals surface area contributed by atoms with Crippen LogP contribution in [0.2, 0.25) is 0 Å². The van der Waals surface area contributed by atoms with Crippen LogP contribution in [-0.2, 0) is 4.79 Å². The van der Waals surface area contributed by atoms with Gasteiger partial charge in [0.1, 0.15) is 18.1 Å². The van der Waals surface area contributed by atoms with E-state index < -0.39 is 0 Å². The Hall–Kier alpha value is -2.37. The number of nitrogens with zero attached hydrogens (tertiary/aromatic N) is 2. The van der Waals surface area contributed by atoms with E-state index in [9.17, 15) is 4.79 Å². The SMILES string of the molecule is O=C(CN1CCN(CCOc2ccccc2)CC1)Oc1ccccc1. The first kappa shape index (κ1) is 17.5. The lowest BCUT2D eigenvalue weighted by atomic mass is 10.3. The smallest absolute Gasteiger partial charge is 0.325 e. The minimum absolute atomic E-state index is 0.202. The zero-order valence-electron chi connectivity index (χ0n) is 14.3. The molecule has 25 heavy (non-hydrogen) atoms. The molecule has 3 rings (SSSR count). The van der Waals surface area contributed by atoms with Crippen LogP contribution in [0.25, 0.3) is 0 Å². The third kappa shape index (κ3) is 5.89. The molecule has 5 nitrogen and oxygen atoms in total. The summed E-state index contributed by atoms with van der Waals surface area (Å²) in [6.45, 7) is 5.54. The van der Waals surface area contributed by atoms with Crippen LogP contribution in [0.1, 0.15) is 0 Å². The van der Waals surface area contributed by atoms with Crippen LogP contribution in [0, 0.1) is 0 Å². The Labute approximate surface area is 148 Å². The van der Waals surface area contributed by atoms with E-state index in [1.165, 1.54) is 0 Å². The van der Waals surface area contributed by atoms with Gasteiger partial charge in [-0.15, -0.1) is 0 Å². The van der Waals surface area contributed by atoms with Gasteiger partial charge in [-0.2, -0.15) is 0 Å². The number of hydrogen-bond acceptors (Lipinski definition) is 5. The number of benzene rings is 2. The molecule has 1 aliphatic heterocycles. The lowest BCUT2D eigenvalue weighted by Gasteiger charge is -2.33. The van der Waals surface area contributed by atoms with Crippen molar-refractivity contribution in [2.75, 3.05) is 45.9 Å². The van der Waals surface area contributed by atoms with E-state index in [1.807, 2.05) is 48.5 Å². The monoisotopic (exact) mass is 340 g/mol. The average Bonchev–Trinajstić information content (AvgIpc) is 2.65. The molecule has 0 atom stereocenters. The number of carbonyl (C=O) groups is 1. The van der Waals surface area contributed by atoms with Crippen molar-refractivity contribution in [3.8, 4) is 11.5 Å². The number of rotatable bonds is 7. The van der Waals surface area contributed by atoms with E-state index >= 15 is 0 Å². The van der Waals surface area contributed by atoms with Crippen LogP contribution in [0.15, 0.2) is 60.7 Å². The Kier molecular flexibility index (Phi) is 6.42. The Balaban J connectivity index is 1.32. The number of para-hydroxylation sites is 2. The van der Waals surface area contributed by atoms with Gasteiger partial charge >= 0.3 is 5.97 Å². The van der Waals surface area contributed by atoms with Gasteiger partial charge in [0.2, 0.25) is 0 Å². The Morgan fingerprint density at radius 2 is 1.36 bits per heavy atom. The summed E-state index contributed by atoms with van der Waals surface area (Å²) in [4.78, 5) is 16.5. The second-order valence-corrected chi connectivity index (χ2v) is 6.07. The first-order chi connectivity index (χ1) is 12.3. The standard InChI is InChI=1S/C20H24N2O3/c23-20(25-19-9-5-2-6-10-19)17-22-13-11-21(12-14-22)15-16-24-18-7-3-1-4-8-18/h1-10H,11-17H2. The molecule has 0 bridgehead atoms. The molecule has 1 fully saturated rings. The van der Waals surface area contributed by atoms with Crippen molar-refractivity contribution in [1.82, 2.24) is 9.80 Å². The van der Waals surface area contributed by atoms with Gasteiger partial charge in [0, 0.05) is 32.7 Å². The van der Waals surface area contributed by atoms with E-state index in [1.54, 1.807) is 12.1 Å². The van der Waals surface area contributed by atoms with Gasteiger partial charge in [0.05, 0.1) is 6.54 Å². The molecule has 1 heterocycles. The Morgan fingerprint density at radius 1 is 0.800 bits per heavy atom. The molecule has 0 spiro atoms. The van der Waals surface area contributed by atoms with E-state index in [0.717, 1.165) is 38.5 Å². The summed E-state index contributed by atoms with van der Waals surface area (Å²) < 4.78 is 11.1. The van der Waals surface area contributed by atoms with Gasteiger partial charge in [-0.3, -0.25) is 14.6 Å². The van der Waals surface area contributed by atoms with Crippen molar-refractivity contribution in [3.63, 3.8) is 0 Å². The highest BCUT2D eigenvalue weighted by Gasteiger charge is 2.19. The van der Waals surface area contributed by atoms with E-state index in [2.05, 4.69) is 9.80 Å². The molecular formula is C20H24N2O3. The molecular weight excluding hydrogens is 316 g/mol. The molecule has 5 heteroatoms. The second kappa shape index (κ2) is 9.20. The van der Waals surface area contributed by atoms with E-state index in [0.29, 0.717) is 18.9 Å². The van der Waals surface area contributed by atoms with Crippen LogP contribution in [0.3, 0.4) is 0 Å². The molecule has 0 aliphatic carbocycles. The fraction of sp³-hybridized carbons (Fsp3) is 0.350. The van der Waals surface area contributed by atoms with Crippen molar-refractivity contribution in [3.05, 3.63) is 60.7 Å². The summed E-state index contributed by atoms with van der Waals surface area (Å²) in [6, 6.07) is 19.1. The second-order valence-electron chi connectivity index (χ2n) is 6.07. The number of esters is 1. The van der Waals surface area contributed by atoms with Crippen molar-refractivity contribution < 1.29 is 14.3 Å². The number of ether oxygens (including phenoxy) is 2. The van der Waals surface area contributed by atoms with Crippen LogP contribution < -0.4 is 9.47 Å². The maximum absolute atomic E-state index is 12.0. The number of piperazine rings is 1. The van der Waals surface area contributed by atoms with Crippen molar-refractivity contribution in [2.24, 2.45) is 0 Å². The summed E-state index contributed by atoms with van der Waals surface area (Å²) in [5, 5.41) is 0. The van der Waals surface area contributed by atoms with Crippen LogP contribution in [-0.4, -0.2) is 61.6 Å². The molecule has 0 N–H and O–H groups in total. The van der Waals surface area contributed by atoms with Crippen LogP contribution >= 0.6 is 0 Å². The van der Waals surface area contributed by atoms with Gasteiger partial charge in [-0.05, 0) is 24.3 Å². The molecule has 1 aliphatic rings. The third-order valence-corrected chi connectivity index (χ3v) is 4.21. The van der Waals surface area contributed by atoms with E-state index in [4.69, 9.17) is 9.47 Å². The summed E-state index contributed by atoms with van der Waals surface area (Å²) >= 11 is 0. The van der Waals surface area contributed by atoms with E-state index in [-0.39, 0.29) is 5.97 Å². The molecule has 0 aromatic heterocycles. The van der Waals surface area contributed by atoms with Gasteiger partial charge in [0.25, 0.3) is 0 Å². The predicted molar refractivity (Wildman–Crippen MR) is 96.9 cm³/mol. The summed E-state index contributed by atoms with van der Waals surface area (Å²) in [5.41, 5.74) is 0. The highest BCUT2D eigenvalue weighted by Crippen LogP contribution is 2.10. The molecule has 0 radical (unpaired) electrons. The molecule has 0 saturated carbocycles. The Bertz CT molecular complexity index is 641. The fourth-order valence-corrected chi connectivity index (χ4v) is 2.82. The topological polar surface area (TPSA) is 42.0 Å². The number of hydrogen-bond donors (Lipinski definition) is 0. The van der Waals surface area contributed by atoms with Gasteiger partial charge in [-0.1, -0.05) is 36.4 Å². The molecule has 0 unspecified atom stereocenters. The quantitative estimate of drug-likeness (QED) is 0.571. The predicted octanol–water partition coefficient (Wildman–Crippen LogP) is 2.29. The van der Waals surface area contributed by atoms with Gasteiger partial charge in [0.15, 0.2) is 0 Å². The summed E-state index contributed by atoms with van der Waals surface area (Å²) in [7, 11) is 0. The van der Waals surface area contributed by atoms with Crippen molar-refractivity contribution in [2.45, 2.75) is 0 Å². The first-order valence-corrected chi connectivity index (χ1v) is 8.68. The zero-order chi connectivity index (χ0) is 17.3. The maximum Gasteiger partial charge on any atom is 0.325 e. The van der Waals surface area contributed by atoms with Crippen LogP contribution in [0.4, 0.5) is 0 Å². The lowest BCUT2D eigenvalue weighted by molar-refractivity contribution is -0.136. The minimum Gasteiger partial charge on any atom is -0.492 e. The average molecular weight is 340 g/mol. The Morgan fingerprint density at radius 3 is 2.00 bits per heavy atom.